The highest BCUT2D eigenvalue weighted by Crippen LogP contribution is 2.19. The molecule has 0 amide bonds. The van der Waals surface area contributed by atoms with Gasteiger partial charge < -0.3 is 0 Å². The molecular formula is C11H8Cl. The minimum Gasteiger partial charge on any atom is -0.0843 e. The number of benzene rings is 2. The Balaban J connectivity index is 2.79. The molecule has 0 nitrogen and oxygen atoms in total. The van der Waals surface area contributed by atoms with Gasteiger partial charge in [-0.15, -0.1) is 0 Å². The average Bonchev–Trinajstić information content (AvgIpc) is 2.05. The summed E-state index contributed by atoms with van der Waals surface area (Å²) in [7, 11) is 0. The average molecular weight is 176 g/mol. The zero-order valence-electron chi connectivity index (χ0n) is 6.55. The quantitative estimate of drug-likeness (QED) is 0.573. The highest BCUT2D eigenvalue weighted by molar-refractivity contribution is 6.31. The molecule has 0 heterocycles. The second-order valence-corrected chi connectivity index (χ2v) is 3.26. The van der Waals surface area contributed by atoms with Crippen molar-refractivity contribution in [2.24, 2.45) is 0 Å². The van der Waals surface area contributed by atoms with Gasteiger partial charge in [-0.25, -0.2) is 0 Å². The van der Waals surface area contributed by atoms with Crippen molar-refractivity contribution in [3.8, 4) is 0 Å². The van der Waals surface area contributed by atoms with Crippen LogP contribution in [0.3, 0.4) is 0 Å². The molecule has 0 fully saturated rings. The summed E-state index contributed by atoms with van der Waals surface area (Å²) in [5.41, 5.74) is 1.03. The molecular weight excluding hydrogens is 168 g/mol. The lowest BCUT2D eigenvalue weighted by atomic mass is 10.1. The van der Waals surface area contributed by atoms with E-state index in [0.29, 0.717) is 0 Å². The Morgan fingerprint density at radius 1 is 0.917 bits per heavy atom. The van der Waals surface area contributed by atoms with Crippen LogP contribution >= 0.6 is 11.6 Å². The Labute approximate surface area is 76.8 Å². The number of halogens is 1. The molecule has 0 atom stereocenters. The SMILES string of the molecule is [CH2]c1ccc2cc(Cl)ccc2c1. The summed E-state index contributed by atoms with van der Waals surface area (Å²) in [6.07, 6.45) is 0. The van der Waals surface area contributed by atoms with Crippen molar-refractivity contribution < 1.29 is 0 Å². The van der Waals surface area contributed by atoms with E-state index in [1.807, 2.05) is 36.4 Å². The van der Waals surface area contributed by atoms with Gasteiger partial charge in [0.25, 0.3) is 0 Å². The number of hydrogen-bond acceptors (Lipinski definition) is 0. The van der Waals surface area contributed by atoms with Crippen molar-refractivity contribution >= 4 is 22.4 Å². The standard InChI is InChI=1S/C11H8Cl/c1-8-2-3-10-7-11(12)5-4-9(10)6-8/h2-7H,1H2. The van der Waals surface area contributed by atoms with E-state index >= 15 is 0 Å². The van der Waals surface area contributed by atoms with Crippen LogP contribution in [0.1, 0.15) is 5.56 Å². The van der Waals surface area contributed by atoms with Crippen LogP contribution in [-0.4, -0.2) is 0 Å². The number of hydrogen-bond donors (Lipinski definition) is 0. The van der Waals surface area contributed by atoms with Gasteiger partial charge in [0.1, 0.15) is 0 Å². The molecule has 0 saturated heterocycles. The molecule has 0 aliphatic rings. The van der Waals surface area contributed by atoms with Crippen molar-refractivity contribution in [3.63, 3.8) is 0 Å². The molecule has 0 aliphatic carbocycles. The van der Waals surface area contributed by atoms with Crippen LogP contribution in [0.4, 0.5) is 0 Å². The molecule has 0 aromatic heterocycles. The summed E-state index contributed by atoms with van der Waals surface area (Å²) in [6, 6.07) is 11.9. The molecule has 12 heavy (non-hydrogen) atoms. The lowest BCUT2D eigenvalue weighted by molar-refractivity contribution is 1.66. The van der Waals surface area contributed by atoms with Gasteiger partial charge in [0.2, 0.25) is 0 Å². The predicted molar refractivity (Wildman–Crippen MR) is 53.4 cm³/mol. The van der Waals surface area contributed by atoms with E-state index < -0.39 is 0 Å². The largest absolute Gasteiger partial charge is 0.0843 e. The molecule has 2 rings (SSSR count). The van der Waals surface area contributed by atoms with E-state index in [1.54, 1.807) is 0 Å². The van der Waals surface area contributed by atoms with Crippen LogP contribution < -0.4 is 0 Å². The molecule has 59 valence electrons. The molecule has 0 bridgehead atoms. The van der Waals surface area contributed by atoms with Gasteiger partial charge in [0.05, 0.1) is 0 Å². The van der Waals surface area contributed by atoms with Crippen LogP contribution in [0, 0.1) is 6.92 Å². The van der Waals surface area contributed by atoms with E-state index in [4.69, 9.17) is 11.6 Å². The molecule has 1 heteroatoms. The first-order valence-corrected chi connectivity index (χ1v) is 4.15. The van der Waals surface area contributed by atoms with Crippen molar-refractivity contribution in [1.29, 1.82) is 0 Å². The van der Waals surface area contributed by atoms with E-state index in [1.165, 1.54) is 5.39 Å². The van der Waals surface area contributed by atoms with Gasteiger partial charge in [0, 0.05) is 5.02 Å². The molecule has 0 N–H and O–H groups in total. The van der Waals surface area contributed by atoms with Gasteiger partial charge in [-0.1, -0.05) is 35.9 Å². The van der Waals surface area contributed by atoms with Gasteiger partial charge in [-0.3, -0.25) is 0 Å². The first-order valence-electron chi connectivity index (χ1n) is 3.77. The Bertz CT molecular complexity index is 377. The van der Waals surface area contributed by atoms with Crippen LogP contribution in [-0.2, 0) is 0 Å². The summed E-state index contributed by atoms with van der Waals surface area (Å²) < 4.78 is 0. The number of rotatable bonds is 0. The first-order chi connectivity index (χ1) is 5.75. The van der Waals surface area contributed by atoms with E-state index in [-0.39, 0.29) is 0 Å². The van der Waals surface area contributed by atoms with Gasteiger partial charge >= 0.3 is 0 Å². The molecule has 2 aromatic rings. The van der Waals surface area contributed by atoms with Crippen molar-refractivity contribution in [3.05, 3.63) is 53.9 Å². The van der Waals surface area contributed by atoms with Gasteiger partial charge in [-0.05, 0) is 35.4 Å². The Morgan fingerprint density at radius 2 is 1.58 bits per heavy atom. The van der Waals surface area contributed by atoms with Crippen molar-refractivity contribution in [2.75, 3.05) is 0 Å². The third-order valence-electron chi connectivity index (χ3n) is 1.87. The fraction of sp³-hybridized carbons (Fsp3) is 0. The summed E-state index contributed by atoms with van der Waals surface area (Å²) in [4.78, 5) is 0. The normalized spacial score (nSPS) is 10.5. The maximum absolute atomic E-state index is 5.84. The molecule has 2 aromatic carbocycles. The predicted octanol–water partition coefficient (Wildman–Crippen LogP) is 3.68. The summed E-state index contributed by atoms with van der Waals surface area (Å²) >= 11 is 5.84. The first kappa shape index (κ1) is 7.63. The summed E-state index contributed by atoms with van der Waals surface area (Å²) in [6.45, 7) is 3.86. The lowest BCUT2D eigenvalue weighted by Gasteiger charge is -1.98. The molecule has 0 saturated carbocycles. The zero-order chi connectivity index (χ0) is 8.55. The smallest absolute Gasteiger partial charge is 0.0412 e. The van der Waals surface area contributed by atoms with E-state index in [2.05, 4.69) is 6.92 Å². The van der Waals surface area contributed by atoms with Crippen LogP contribution in [0.25, 0.3) is 10.8 Å². The minimum atomic E-state index is 0.777. The second-order valence-electron chi connectivity index (χ2n) is 2.83. The minimum absolute atomic E-state index is 0.777. The van der Waals surface area contributed by atoms with Gasteiger partial charge in [0.15, 0.2) is 0 Å². The molecule has 0 unspecified atom stereocenters. The Hall–Kier alpha value is -1.01. The number of fused-ring (bicyclic) bond motifs is 1. The van der Waals surface area contributed by atoms with E-state index in [0.717, 1.165) is 16.0 Å². The van der Waals surface area contributed by atoms with Crippen LogP contribution in [0.15, 0.2) is 36.4 Å². The highest BCUT2D eigenvalue weighted by atomic mass is 35.5. The third kappa shape index (κ3) is 1.30. The molecule has 0 spiro atoms. The fourth-order valence-corrected chi connectivity index (χ4v) is 1.45. The maximum Gasteiger partial charge on any atom is 0.0412 e. The van der Waals surface area contributed by atoms with Crippen molar-refractivity contribution in [2.45, 2.75) is 0 Å². The fourth-order valence-electron chi connectivity index (χ4n) is 1.27. The second kappa shape index (κ2) is 2.80. The summed E-state index contributed by atoms with van der Waals surface area (Å²) in [5, 5.41) is 3.13. The highest BCUT2D eigenvalue weighted by Gasteiger charge is 1.93. The van der Waals surface area contributed by atoms with Gasteiger partial charge in [-0.2, -0.15) is 0 Å². The van der Waals surface area contributed by atoms with E-state index in [9.17, 15) is 0 Å². The Morgan fingerprint density at radius 3 is 2.42 bits per heavy atom. The lowest BCUT2D eigenvalue weighted by Crippen LogP contribution is -1.74. The summed E-state index contributed by atoms with van der Waals surface area (Å²) in [5.74, 6) is 0. The molecule has 1 radical (unpaired) electrons. The maximum atomic E-state index is 5.84. The van der Waals surface area contributed by atoms with Crippen molar-refractivity contribution in [1.82, 2.24) is 0 Å². The molecule has 0 aliphatic heterocycles. The monoisotopic (exact) mass is 175 g/mol. The third-order valence-corrected chi connectivity index (χ3v) is 2.10. The zero-order valence-corrected chi connectivity index (χ0v) is 7.31. The topological polar surface area (TPSA) is 0 Å². The Kier molecular flexibility index (Phi) is 1.78. The van der Waals surface area contributed by atoms with Crippen LogP contribution in [0.2, 0.25) is 5.02 Å². The van der Waals surface area contributed by atoms with Crippen LogP contribution in [0.5, 0.6) is 0 Å².